The maximum atomic E-state index is 13.4. The highest BCUT2D eigenvalue weighted by molar-refractivity contribution is 6.38. The lowest BCUT2D eigenvalue weighted by Crippen LogP contribution is -2.55. The Hall–Kier alpha value is -2.36. The molecule has 2 fully saturated rings. The molecule has 2 aliphatic rings. The summed E-state index contributed by atoms with van der Waals surface area (Å²) < 4.78 is 5.30. The van der Waals surface area contributed by atoms with Crippen molar-refractivity contribution in [3.63, 3.8) is 0 Å². The zero-order valence-electron chi connectivity index (χ0n) is 21.5. The number of hydrogen-bond donors (Lipinski definition) is 4. The Morgan fingerprint density at radius 2 is 1.81 bits per heavy atom. The average Bonchev–Trinajstić information content (AvgIpc) is 3.47. The van der Waals surface area contributed by atoms with Crippen LogP contribution in [-0.4, -0.2) is 54.9 Å². The summed E-state index contributed by atoms with van der Waals surface area (Å²) in [5.41, 5.74) is 0.239. The number of carbonyl (C=O) groups excluding carboxylic acids is 4. The van der Waals surface area contributed by atoms with E-state index in [0.29, 0.717) is 28.6 Å². The van der Waals surface area contributed by atoms with Gasteiger partial charge in [-0.1, -0.05) is 50.0 Å². The number of amides is 3. The molecular formula is C26H36Cl2N4O5. The van der Waals surface area contributed by atoms with Crippen LogP contribution in [0.25, 0.3) is 0 Å². The van der Waals surface area contributed by atoms with Crippen LogP contribution in [0.3, 0.4) is 0 Å². The number of benzene rings is 1. The first-order valence-electron chi connectivity index (χ1n) is 12.6. The number of alkyl carbamates (subject to hydrolysis) is 1. The lowest BCUT2D eigenvalue weighted by atomic mass is 9.87. The molecule has 204 valence electrons. The Kier molecular flexibility index (Phi) is 10.2. The fourth-order valence-electron chi connectivity index (χ4n) is 4.18. The van der Waals surface area contributed by atoms with Crippen molar-refractivity contribution < 1.29 is 23.9 Å². The molecule has 1 aromatic rings. The molecule has 0 aromatic heterocycles. The second-order valence-corrected chi connectivity index (χ2v) is 11.9. The maximum Gasteiger partial charge on any atom is 0.408 e. The van der Waals surface area contributed by atoms with Gasteiger partial charge >= 0.3 is 6.09 Å². The monoisotopic (exact) mass is 554 g/mol. The highest BCUT2D eigenvalue weighted by atomic mass is 35.5. The first-order valence-corrected chi connectivity index (χ1v) is 13.4. The highest BCUT2D eigenvalue weighted by Gasteiger charge is 2.36. The van der Waals surface area contributed by atoms with Crippen molar-refractivity contribution in [1.29, 1.82) is 0 Å². The van der Waals surface area contributed by atoms with Crippen molar-refractivity contribution >= 4 is 46.9 Å². The van der Waals surface area contributed by atoms with Crippen molar-refractivity contribution in [3.05, 3.63) is 33.8 Å². The smallest absolute Gasteiger partial charge is 0.408 e. The average molecular weight is 556 g/mol. The molecule has 3 amide bonds. The summed E-state index contributed by atoms with van der Waals surface area (Å²) >= 11 is 12.1. The summed E-state index contributed by atoms with van der Waals surface area (Å²) in [5, 5.41) is 12.1. The van der Waals surface area contributed by atoms with E-state index in [2.05, 4.69) is 21.3 Å². The number of ketones is 1. The lowest BCUT2D eigenvalue weighted by molar-refractivity contribution is -0.140. The minimum Gasteiger partial charge on any atom is -0.445 e. The Morgan fingerprint density at radius 3 is 2.41 bits per heavy atom. The quantitative estimate of drug-likeness (QED) is 0.311. The van der Waals surface area contributed by atoms with Gasteiger partial charge in [0.25, 0.3) is 5.91 Å². The summed E-state index contributed by atoms with van der Waals surface area (Å²) in [6, 6.07) is 2.90. The van der Waals surface area contributed by atoms with Gasteiger partial charge < -0.3 is 26.0 Å². The van der Waals surface area contributed by atoms with Crippen molar-refractivity contribution in [2.75, 3.05) is 13.1 Å². The van der Waals surface area contributed by atoms with Crippen LogP contribution in [0.15, 0.2) is 18.2 Å². The Labute approximate surface area is 227 Å². The molecule has 1 aliphatic carbocycles. The molecule has 11 heteroatoms. The molecule has 1 aliphatic heterocycles. The molecule has 3 atom stereocenters. The van der Waals surface area contributed by atoms with Crippen LogP contribution in [0.4, 0.5) is 4.79 Å². The second-order valence-electron chi connectivity index (χ2n) is 11.0. The third-order valence-corrected chi connectivity index (χ3v) is 6.89. The molecule has 0 spiro atoms. The largest absolute Gasteiger partial charge is 0.445 e. The molecule has 1 saturated heterocycles. The minimum absolute atomic E-state index is 0.0279. The van der Waals surface area contributed by atoms with E-state index in [-0.39, 0.29) is 30.4 Å². The van der Waals surface area contributed by atoms with Crippen LogP contribution < -0.4 is 21.3 Å². The number of hydrogen-bond acceptors (Lipinski definition) is 6. The molecule has 3 rings (SSSR count). The van der Waals surface area contributed by atoms with Crippen LogP contribution >= 0.6 is 23.2 Å². The Balaban J connectivity index is 1.66. The third kappa shape index (κ3) is 9.79. The maximum absolute atomic E-state index is 13.4. The number of carbonyl (C=O) groups is 4. The SMILES string of the molecule is CC(C)(C)C[C@H](NC(=O)OCc1ccc(Cl)cc1Cl)C(=O)NC(C[C@@H]1CCNC1)C(=O)C(=O)NC1CC1. The van der Waals surface area contributed by atoms with Crippen LogP contribution in [0.1, 0.15) is 58.4 Å². The number of rotatable bonds is 11. The van der Waals surface area contributed by atoms with E-state index >= 15 is 0 Å². The molecule has 1 unspecified atom stereocenters. The van der Waals surface area contributed by atoms with Crippen LogP contribution in [0, 0.1) is 11.3 Å². The highest BCUT2D eigenvalue weighted by Crippen LogP contribution is 2.24. The van der Waals surface area contributed by atoms with E-state index in [1.54, 1.807) is 18.2 Å². The summed E-state index contributed by atoms with van der Waals surface area (Å²) in [6.45, 7) is 7.23. The molecule has 1 aromatic carbocycles. The first kappa shape index (κ1) is 29.2. The van der Waals surface area contributed by atoms with Crippen molar-refractivity contribution in [3.8, 4) is 0 Å². The standard InChI is InChI=1S/C26H36Cl2N4O5/c1-26(2,3)12-21(32-25(36)37-14-16-4-5-17(27)11-19(16)28)23(34)31-20(10-15-8-9-29-13-15)22(33)24(35)30-18-6-7-18/h4-5,11,15,18,20-21,29H,6-10,12-14H2,1-3H3,(H,30,35)(H,31,34)(H,32,36)/t15-,20?,21-/m0/s1. The molecule has 0 radical (unpaired) electrons. The molecule has 1 heterocycles. The topological polar surface area (TPSA) is 126 Å². The van der Waals surface area contributed by atoms with Gasteiger partial charge in [-0.25, -0.2) is 4.79 Å². The van der Waals surface area contributed by atoms with Gasteiger partial charge in [0.2, 0.25) is 11.7 Å². The predicted octanol–water partition coefficient (Wildman–Crippen LogP) is 3.36. The van der Waals surface area contributed by atoms with Crippen molar-refractivity contribution in [2.24, 2.45) is 11.3 Å². The number of nitrogens with one attached hydrogen (secondary N) is 4. The van der Waals surface area contributed by atoms with Gasteiger partial charge in [0.05, 0.1) is 6.04 Å². The first-order chi connectivity index (χ1) is 17.4. The van der Waals surface area contributed by atoms with Crippen LogP contribution in [-0.2, 0) is 25.7 Å². The summed E-state index contributed by atoms with van der Waals surface area (Å²) in [5.74, 6) is -1.73. The Bertz CT molecular complexity index is 1000. The fraction of sp³-hybridized carbons (Fsp3) is 0.615. The van der Waals surface area contributed by atoms with Gasteiger partial charge in [0.1, 0.15) is 12.6 Å². The van der Waals surface area contributed by atoms with E-state index < -0.39 is 35.8 Å². The zero-order valence-corrected chi connectivity index (χ0v) is 23.0. The summed E-state index contributed by atoms with van der Waals surface area (Å²) in [4.78, 5) is 51.5. The van der Waals surface area contributed by atoms with Gasteiger partial charge in [-0.2, -0.15) is 0 Å². The van der Waals surface area contributed by atoms with E-state index in [4.69, 9.17) is 27.9 Å². The number of Topliss-reactive ketones (excluding diaryl/α,β-unsaturated/α-hetero) is 1. The molecule has 1 saturated carbocycles. The normalized spacial score (nSPS) is 19.0. The molecule has 9 nitrogen and oxygen atoms in total. The van der Waals surface area contributed by atoms with E-state index in [1.807, 2.05) is 20.8 Å². The third-order valence-electron chi connectivity index (χ3n) is 6.30. The van der Waals surface area contributed by atoms with Crippen molar-refractivity contribution in [2.45, 2.75) is 77.6 Å². The second kappa shape index (κ2) is 12.9. The van der Waals surface area contributed by atoms with Gasteiger partial charge in [0.15, 0.2) is 0 Å². The predicted molar refractivity (Wildman–Crippen MR) is 141 cm³/mol. The summed E-state index contributed by atoms with van der Waals surface area (Å²) in [7, 11) is 0. The molecular weight excluding hydrogens is 519 g/mol. The van der Waals surface area contributed by atoms with E-state index in [1.165, 1.54) is 0 Å². The van der Waals surface area contributed by atoms with Gasteiger partial charge in [-0.05, 0) is 68.7 Å². The summed E-state index contributed by atoms with van der Waals surface area (Å²) in [6.07, 6.45) is 2.39. The van der Waals surface area contributed by atoms with Gasteiger partial charge in [-0.15, -0.1) is 0 Å². The van der Waals surface area contributed by atoms with Crippen LogP contribution in [0.2, 0.25) is 10.0 Å². The van der Waals surface area contributed by atoms with E-state index in [9.17, 15) is 19.2 Å². The minimum atomic E-state index is -0.982. The van der Waals surface area contributed by atoms with Crippen LogP contribution in [0.5, 0.6) is 0 Å². The molecule has 4 N–H and O–H groups in total. The van der Waals surface area contributed by atoms with Crippen molar-refractivity contribution in [1.82, 2.24) is 21.3 Å². The van der Waals surface area contributed by atoms with Gasteiger partial charge in [0, 0.05) is 21.7 Å². The Morgan fingerprint density at radius 1 is 1.08 bits per heavy atom. The fourth-order valence-corrected chi connectivity index (χ4v) is 4.65. The van der Waals surface area contributed by atoms with Gasteiger partial charge in [-0.3, -0.25) is 14.4 Å². The lowest BCUT2D eigenvalue weighted by Gasteiger charge is -2.28. The number of ether oxygens (including phenoxy) is 1. The molecule has 0 bridgehead atoms. The zero-order chi connectivity index (χ0) is 27.2. The number of halogens is 2. The van der Waals surface area contributed by atoms with E-state index in [0.717, 1.165) is 25.8 Å². The molecule has 37 heavy (non-hydrogen) atoms.